The fourth-order valence-corrected chi connectivity index (χ4v) is 1.50. The van der Waals surface area contributed by atoms with Gasteiger partial charge < -0.3 is 14.3 Å². The summed E-state index contributed by atoms with van der Waals surface area (Å²) >= 11 is 1.97. The van der Waals surface area contributed by atoms with Crippen LogP contribution in [0.4, 0.5) is 4.79 Å². The number of rotatable bonds is 7. The van der Waals surface area contributed by atoms with Gasteiger partial charge in [0.2, 0.25) is 0 Å². The van der Waals surface area contributed by atoms with Gasteiger partial charge in [-0.25, -0.2) is 4.79 Å². The van der Waals surface area contributed by atoms with E-state index >= 15 is 0 Å². The monoisotopic (exact) mass is 367 g/mol. The lowest BCUT2D eigenvalue weighted by molar-refractivity contribution is -0.117. The second kappa shape index (κ2) is 8.25. The molecule has 1 atom stereocenters. The zero-order valence-electron chi connectivity index (χ0n) is 10.7. The van der Waals surface area contributed by atoms with Crippen LogP contribution >= 0.6 is 22.6 Å². The van der Waals surface area contributed by atoms with Crippen molar-refractivity contribution < 1.29 is 19.1 Å². The molecule has 0 aromatic carbocycles. The van der Waals surface area contributed by atoms with Gasteiger partial charge in [0, 0.05) is 23.3 Å². The highest BCUT2D eigenvalue weighted by molar-refractivity contribution is 14.1. The number of methoxy groups -OCH3 is 1. The summed E-state index contributed by atoms with van der Waals surface area (Å²) < 4.78 is 12.0. The Morgan fingerprint density at radius 2 is 2.17 bits per heavy atom. The summed E-state index contributed by atoms with van der Waals surface area (Å²) in [6, 6.07) is 0. The maximum Gasteiger partial charge on any atom is 0.412 e. The molecule has 0 aromatic heterocycles. The Balaban J connectivity index is 4.64. The lowest BCUT2D eigenvalue weighted by Gasteiger charge is -2.31. The highest BCUT2D eigenvalue weighted by Gasteiger charge is 2.32. The molecule has 0 bridgehead atoms. The number of carbonyl (C=O) groups excluding carboxylic acids is 2. The van der Waals surface area contributed by atoms with Crippen LogP contribution in [0.2, 0.25) is 0 Å². The molecule has 0 rings (SSSR count). The predicted molar refractivity (Wildman–Crippen MR) is 77.5 cm³/mol. The number of amides is 1. The molecule has 0 heterocycles. The minimum Gasteiger partial charge on any atom is -0.442 e. The minimum atomic E-state index is -0.735. The van der Waals surface area contributed by atoms with Crippen LogP contribution in [0.15, 0.2) is 22.4 Å². The van der Waals surface area contributed by atoms with E-state index in [0.717, 1.165) is 0 Å². The lowest BCUT2D eigenvalue weighted by Crippen LogP contribution is -2.43. The summed E-state index contributed by atoms with van der Waals surface area (Å²) in [7, 11) is 1.50. The fraction of sp³-hybridized carbons (Fsp3) is 0.500. The van der Waals surface area contributed by atoms with Crippen molar-refractivity contribution in [2.75, 3.05) is 7.11 Å². The number of hydrogen-bond acceptors (Lipinski definition) is 4. The van der Waals surface area contributed by atoms with Crippen LogP contribution in [0.5, 0.6) is 0 Å². The first kappa shape index (κ1) is 17.1. The molecule has 5 nitrogen and oxygen atoms in total. The van der Waals surface area contributed by atoms with Crippen LogP contribution in [0.1, 0.15) is 20.3 Å². The Kier molecular flexibility index (Phi) is 7.85. The van der Waals surface area contributed by atoms with E-state index in [1.54, 1.807) is 17.9 Å². The number of alkyl carbamates (subject to hydrolysis) is 1. The van der Waals surface area contributed by atoms with Crippen LogP contribution in [0.3, 0.4) is 0 Å². The zero-order valence-corrected chi connectivity index (χ0v) is 12.9. The molecule has 0 aromatic rings. The average molecular weight is 367 g/mol. The lowest BCUT2D eigenvalue weighted by atomic mass is 9.99. The molecule has 18 heavy (non-hydrogen) atoms. The van der Waals surface area contributed by atoms with E-state index in [0.29, 0.717) is 12.0 Å². The van der Waals surface area contributed by atoms with E-state index in [4.69, 9.17) is 9.47 Å². The molecule has 0 aliphatic heterocycles. The first-order valence-corrected chi connectivity index (χ1v) is 6.55. The molecule has 0 unspecified atom stereocenters. The predicted octanol–water partition coefficient (Wildman–Crippen LogP) is 2.56. The summed E-state index contributed by atoms with van der Waals surface area (Å²) in [6.45, 7) is 7.04. The number of nitrogens with one attached hydrogen (secondary N) is 1. The van der Waals surface area contributed by atoms with Gasteiger partial charge >= 0.3 is 6.09 Å². The maximum atomic E-state index is 11.6. The first-order chi connectivity index (χ1) is 8.41. The van der Waals surface area contributed by atoms with E-state index in [-0.39, 0.29) is 6.42 Å². The normalized spacial score (nSPS) is 13.7. The van der Waals surface area contributed by atoms with Gasteiger partial charge in [0.05, 0.1) is 5.60 Å². The summed E-state index contributed by atoms with van der Waals surface area (Å²) in [5.41, 5.74) is -0.207. The quantitative estimate of drug-likeness (QED) is 0.427. The van der Waals surface area contributed by atoms with Gasteiger partial charge in [0.25, 0.3) is 0 Å². The molecule has 1 amide bonds. The van der Waals surface area contributed by atoms with Crippen LogP contribution in [-0.2, 0) is 14.3 Å². The highest BCUT2D eigenvalue weighted by atomic mass is 127. The number of halogens is 1. The Morgan fingerprint density at radius 1 is 1.56 bits per heavy atom. The summed E-state index contributed by atoms with van der Waals surface area (Å²) in [5, 5.41) is 2.50. The number of allylic oxidation sites excluding steroid dienone is 1. The van der Waals surface area contributed by atoms with Crippen molar-refractivity contribution in [3.63, 3.8) is 0 Å². The molecule has 6 heteroatoms. The van der Waals surface area contributed by atoms with Crippen molar-refractivity contribution in [1.82, 2.24) is 5.32 Å². The van der Waals surface area contributed by atoms with Crippen LogP contribution in [0, 0.1) is 0 Å². The summed E-state index contributed by atoms with van der Waals surface area (Å²) in [6.07, 6.45) is 0.965. The maximum absolute atomic E-state index is 11.6. The Hall–Kier alpha value is -0.890. The van der Waals surface area contributed by atoms with Crippen molar-refractivity contribution in [3.8, 4) is 0 Å². The standard InChI is InChI=1S/C12H18INO4/c1-5-9(8-13)14-11(16)18-10(6-7-15)12(2,3)17-4/h5,7-8,10H,1,6H2,2-4H3,(H,14,16)/b9-8+/t10-/m0/s1. The van der Waals surface area contributed by atoms with Gasteiger partial charge in [-0.15, -0.1) is 0 Å². The van der Waals surface area contributed by atoms with Crippen molar-refractivity contribution in [1.29, 1.82) is 0 Å². The Morgan fingerprint density at radius 3 is 2.56 bits per heavy atom. The van der Waals surface area contributed by atoms with Crippen LogP contribution in [-0.4, -0.2) is 31.2 Å². The topological polar surface area (TPSA) is 64.6 Å². The second-order valence-electron chi connectivity index (χ2n) is 4.00. The molecular weight excluding hydrogens is 349 g/mol. The highest BCUT2D eigenvalue weighted by Crippen LogP contribution is 2.19. The van der Waals surface area contributed by atoms with Gasteiger partial charge in [-0.3, -0.25) is 5.32 Å². The Labute approximate surface area is 121 Å². The number of aldehydes is 1. The SMILES string of the molecule is C=C/C(=C\I)NC(=O)O[C@@H](CC=O)C(C)(C)OC. The number of carbonyl (C=O) groups is 2. The smallest absolute Gasteiger partial charge is 0.412 e. The van der Waals surface area contributed by atoms with Crippen LogP contribution in [0.25, 0.3) is 0 Å². The third-order valence-corrected chi connectivity index (χ3v) is 3.12. The van der Waals surface area contributed by atoms with E-state index in [1.165, 1.54) is 13.2 Å². The molecule has 1 N–H and O–H groups in total. The summed E-state index contributed by atoms with van der Waals surface area (Å²) in [4.78, 5) is 22.2. The van der Waals surface area contributed by atoms with Crippen molar-refractivity contribution >= 4 is 35.0 Å². The average Bonchev–Trinajstić information content (AvgIpc) is 2.35. The van der Waals surface area contributed by atoms with E-state index in [9.17, 15) is 9.59 Å². The van der Waals surface area contributed by atoms with Crippen LogP contribution < -0.4 is 5.32 Å². The van der Waals surface area contributed by atoms with E-state index < -0.39 is 17.8 Å². The van der Waals surface area contributed by atoms with Crippen molar-refractivity contribution in [2.24, 2.45) is 0 Å². The van der Waals surface area contributed by atoms with Gasteiger partial charge in [-0.05, 0) is 19.9 Å². The molecule has 0 fully saturated rings. The van der Waals surface area contributed by atoms with Crippen molar-refractivity contribution in [2.45, 2.75) is 32.0 Å². The van der Waals surface area contributed by atoms with E-state index in [1.807, 2.05) is 22.6 Å². The van der Waals surface area contributed by atoms with E-state index in [2.05, 4.69) is 11.9 Å². The summed E-state index contributed by atoms with van der Waals surface area (Å²) in [5.74, 6) is 0. The van der Waals surface area contributed by atoms with Gasteiger partial charge in [-0.2, -0.15) is 0 Å². The molecule has 0 radical (unpaired) electrons. The molecule has 0 saturated carbocycles. The van der Waals surface area contributed by atoms with Gasteiger partial charge in [0.1, 0.15) is 12.4 Å². The molecular formula is C12H18INO4. The second-order valence-corrected chi connectivity index (χ2v) is 4.62. The van der Waals surface area contributed by atoms with Crippen molar-refractivity contribution in [3.05, 3.63) is 22.4 Å². The number of hydrogen-bond donors (Lipinski definition) is 1. The molecule has 0 saturated heterocycles. The first-order valence-electron chi connectivity index (χ1n) is 5.30. The molecule has 0 spiro atoms. The van der Waals surface area contributed by atoms with Gasteiger partial charge in [0.15, 0.2) is 0 Å². The largest absolute Gasteiger partial charge is 0.442 e. The molecule has 0 aliphatic rings. The third-order valence-electron chi connectivity index (χ3n) is 2.44. The molecule has 0 aliphatic carbocycles. The zero-order chi connectivity index (χ0) is 14.2. The molecule has 102 valence electrons. The number of ether oxygens (including phenoxy) is 2. The van der Waals surface area contributed by atoms with Gasteiger partial charge in [-0.1, -0.05) is 29.2 Å². The minimum absolute atomic E-state index is 0.0750. The third kappa shape index (κ3) is 5.63. The Bertz CT molecular complexity index is 339. The fourth-order valence-electron chi connectivity index (χ4n) is 1.09.